The lowest BCUT2D eigenvalue weighted by atomic mass is 10.0. The first-order valence-electron chi connectivity index (χ1n) is 6.15. The van der Waals surface area contributed by atoms with E-state index in [0.717, 1.165) is 4.90 Å². The minimum Gasteiger partial charge on any atom is -0.393 e. The molecular formula is C14H21NO2S. The first kappa shape index (κ1) is 15.1. The zero-order chi connectivity index (χ0) is 13.5. The molecule has 100 valence electrons. The molecule has 0 aliphatic heterocycles. The van der Waals surface area contributed by atoms with Gasteiger partial charge in [0.2, 0.25) is 0 Å². The summed E-state index contributed by atoms with van der Waals surface area (Å²) in [5.41, 5.74) is 0.659. The zero-order valence-corrected chi connectivity index (χ0v) is 12.0. The van der Waals surface area contributed by atoms with E-state index in [1.807, 2.05) is 44.4 Å². The first-order chi connectivity index (χ1) is 8.54. The predicted octanol–water partition coefficient (Wildman–Crippen LogP) is 2.55. The Hall–Kier alpha value is -1.00. The van der Waals surface area contributed by atoms with Crippen molar-refractivity contribution in [3.8, 4) is 0 Å². The number of amides is 1. The quantitative estimate of drug-likeness (QED) is 0.779. The molecule has 1 amide bonds. The molecule has 1 rings (SSSR count). The van der Waals surface area contributed by atoms with Gasteiger partial charge in [-0.3, -0.25) is 4.79 Å². The van der Waals surface area contributed by atoms with Gasteiger partial charge in [0.15, 0.2) is 0 Å². The fourth-order valence-electron chi connectivity index (χ4n) is 1.51. The summed E-state index contributed by atoms with van der Waals surface area (Å²) in [5.74, 6) is 0.140. The van der Waals surface area contributed by atoms with Gasteiger partial charge in [-0.15, -0.1) is 11.8 Å². The molecule has 0 spiro atoms. The smallest absolute Gasteiger partial charge is 0.251 e. The summed E-state index contributed by atoms with van der Waals surface area (Å²) in [4.78, 5) is 12.9. The number of aliphatic hydroxyl groups excluding tert-OH is 1. The average molecular weight is 267 g/mol. The number of thioether (sulfide) groups is 1. The summed E-state index contributed by atoms with van der Waals surface area (Å²) in [5, 5.41) is 12.4. The highest BCUT2D eigenvalue weighted by molar-refractivity contribution is 7.98. The molecule has 2 N–H and O–H groups in total. The number of hydrogen-bond acceptors (Lipinski definition) is 3. The number of nitrogens with one attached hydrogen (secondary N) is 1. The molecule has 0 aliphatic carbocycles. The monoisotopic (exact) mass is 267 g/mol. The lowest BCUT2D eigenvalue weighted by Crippen LogP contribution is -2.28. The van der Waals surface area contributed by atoms with Crippen molar-refractivity contribution in [2.75, 3.05) is 12.8 Å². The lowest BCUT2D eigenvalue weighted by molar-refractivity contribution is 0.0920. The fourth-order valence-corrected chi connectivity index (χ4v) is 1.92. The summed E-state index contributed by atoms with van der Waals surface area (Å²) < 4.78 is 0. The van der Waals surface area contributed by atoms with Gasteiger partial charge in [-0.25, -0.2) is 0 Å². The van der Waals surface area contributed by atoms with E-state index < -0.39 is 0 Å². The Morgan fingerprint density at radius 1 is 1.33 bits per heavy atom. The number of benzene rings is 1. The van der Waals surface area contributed by atoms with Crippen LogP contribution in [0.1, 0.15) is 30.6 Å². The minimum absolute atomic E-state index is 0.0846. The van der Waals surface area contributed by atoms with Crippen LogP contribution in [0.15, 0.2) is 29.2 Å². The maximum absolute atomic E-state index is 11.8. The molecule has 0 heterocycles. The second-order valence-corrected chi connectivity index (χ2v) is 5.46. The van der Waals surface area contributed by atoms with Crippen molar-refractivity contribution in [1.29, 1.82) is 0 Å². The summed E-state index contributed by atoms with van der Waals surface area (Å²) >= 11 is 1.65. The van der Waals surface area contributed by atoms with Crippen molar-refractivity contribution in [1.82, 2.24) is 5.32 Å². The third-order valence-electron chi connectivity index (χ3n) is 2.85. The third kappa shape index (κ3) is 4.70. The molecule has 0 saturated carbocycles. The summed E-state index contributed by atoms with van der Waals surface area (Å²) in [7, 11) is 0. The molecule has 18 heavy (non-hydrogen) atoms. The van der Waals surface area contributed by atoms with E-state index in [2.05, 4.69) is 5.32 Å². The third-order valence-corrected chi connectivity index (χ3v) is 3.59. The Morgan fingerprint density at radius 2 is 1.94 bits per heavy atom. The van der Waals surface area contributed by atoms with E-state index in [1.165, 1.54) is 0 Å². The molecule has 1 unspecified atom stereocenters. The van der Waals surface area contributed by atoms with E-state index in [9.17, 15) is 9.90 Å². The van der Waals surface area contributed by atoms with E-state index in [-0.39, 0.29) is 17.9 Å². The average Bonchev–Trinajstić information content (AvgIpc) is 2.38. The Kier molecular flexibility index (Phi) is 6.22. The van der Waals surface area contributed by atoms with Crippen molar-refractivity contribution in [2.24, 2.45) is 5.92 Å². The van der Waals surface area contributed by atoms with Crippen LogP contribution in [0.25, 0.3) is 0 Å². The van der Waals surface area contributed by atoms with Gasteiger partial charge in [0.1, 0.15) is 0 Å². The normalized spacial score (nSPS) is 12.5. The molecule has 3 nitrogen and oxygen atoms in total. The number of carbonyl (C=O) groups excluding carboxylic acids is 1. The number of hydrogen-bond donors (Lipinski definition) is 2. The standard InChI is InChI=1S/C14H21NO2S/c1-10(2)13(16)8-9-15-14(17)11-4-6-12(18-3)7-5-11/h4-7,10,13,16H,8-9H2,1-3H3,(H,15,17). The summed E-state index contributed by atoms with van der Waals surface area (Å²) in [6.45, 7) is 4.43. The fraction of sp³-hybridized carbons (Fsp3) is 0.500. The molecule has 0 fully saturated rings. The zero-order valence-electron chi connectivity index (χ0n) is 11.1. The SMILES string of the molecule is CSc1ccc(C(=O)NCCC(O)C(C)C)cc1. The maximum Gasteiger partial charge on any atom is 0.251 e. The van der Waals surface area contributed by atoms with Crippen molar-refractivity contribution in [3.05, 3.63) is 29.8 Å². The topological polar surface area (TPSA) is 49.3 Å². The van der Waals surface area contributed by atoms with Crippen LogP contribution in [0, 0.1) is 5.92 Å². The van der Waals surface area contributed by atoms with Gasteiger partial charge < -0.3 is 10.4 Å². The molecular weight excluding hydrogens is 246 g/mol. The van der Waals surface area contributed by atoms with Crippen LogP contribution >= 0.6 is 11.8 Å². The van der Waals surface area contributed by atoms with Crippen LogP contribution in [0.5, 0.6) is 0 Å². The van der Waals surface area contributed by atoms with Crippen LogP contribution in [-0.4, -0.2) is 29.9 Å². The van der Waals surface area contributed by atoms with E-state index in [1.54, 1.807) is 11.8 Å². The highest BCUT2D eigenvalue weighted by Gasteiger charge is 2.10. The molecule has 0 saturated heterocycles. The molecule has 0 aromatic heterocycles. The van der Waals surface area contributed by atoms with Gasteiger partial charge in [0.05, 0.1) is 6.10 Å². The summed E-state index contributed by atoms with van der Waals surface area (Å²) in [6, 6.07) is 7.51. The molecule has 4 heteroatoms. The second kappa shape index (κ2) is 7.44. The molecule has 1 aromatic rings. The Balaban J connectivity index is 2.40. The van der Waals surface area contributed by atoms with E-state index in [0.29, 0.717) is 18.5 Å². The Morgan fingerprint density at radius 3 is 2.44 bits per heavy atom. The van der Waals surface area contributed by atoms with Crippen molar-refractivity contribution >= 4 is 17.7 Å². The van der Waals surface area contributed by atoms with E-state index >= 15 is 0 Å². The first-order valence-corrected chi connectivity index (χ1v) is 7.37. The lowest BCUT2D eigenvalue weighted by Gasteiger charge is -2.14. The number of aliphatic hydroxyl groups is 1. The van der Waals surface area contributed by atoms with Gasteiger partial charge in [0.25, 0.3) is 5.91 Å². The van der Waals surface area contributed by atoms with Gasteiger partial charge >= 0.3 is 0 Å². The van der Waals surface area contributed by atoms with Crippen LogP contribution in [0.3, 0.4) is 0 Å². The molecule has 1 aromatic carbocycles. The van der Waals surface area contributed by atoms with Crippen LogP contribution in [0.2, 0.25) is 0 Å². The highest BCUT2D eigenvalue weighted by atomic mass is 32.2. The van der Waals surface area contributed by atoms with E-state index in [4.69, 9.17) is 0 Å². The van der Waals surface area contributed by atoms with Crippen LogP contribution in [0.4, 0.5) is 0 Å². The largest absolute Gasteiger partial charge is 0.393 e. The predicted molar refractivity (Wildman–Crippen MR) is 76.0 cm³/mol. The van der Waals surface area contributed by atoms with Gasteiger partial charge in [-0.1, -0.05) is 13.8 Å². The summed E-state index contributed by atoms with van der Waals surface area (Å²) in [6.07, 6.45) is 2.23. The Labute approximate surface area is 113 Å². The second-order valence-electron chi connectivity index (χ2n) is 4.58. The molecule has 0 aliphatic rings. The number of rotatable bonds is 6. The van der Waals surface area contributed by atoms with Crippen molar-refractivity contribution in [2.45, 2.75) is 31.3 Å². The Bertz CT molecular complexity index is 376. The highest BCUT2D eigenvalue weighted by Crippen LogP contribution is 2.14. The van der Waals surface area contributed by atoms with Crippen LogP contribution in [-0.2, 0) is 0 Å². The molecule has 0 bridgehead atoms. The number of carbonyl (C=O) groups is 1. The van der Waals surface area contributed by atoms with Crippen LogP contribution < -0.4 is 5.32 Å². The van der Waals surface area contributed by atoms with Gasteiger partial charge in [-0.05, 0) is 42.9 Å². The maximum atomic E-state index is 11.8. The van der Waals surface area contributed by atoms with Gasteiger partial charge in [-0.2, -0.15) is 0 Å². The van der Waals surface area contributed by atoms with Gasteiger partial charge in [0, 0.05) is 17.0 Å². The molecule has 0 radical (unpaired) electrons. The van der Waals surface area contributed by atoms with Crippen molar-refractivity contribution < 1.29 is 9.90 Å². The van der Waals surface area contributed by atoms with Crippen molar-refractivity contribution in [3.63, 3.8) is 0 Å². The molecule has 1 atom stereocenters. The minimum atomic E-state index is -0.357.